The standard InChI is InChI=1S/C32H36O4/c1-4-21-10-13-24-19-25(18-23-8-6-7-9-29(23)24)28(5-2)30-16-22(17-31(36-3)32(30)35)12-15-27(34)20-26(33)14-11-21/h6-9,12,15-19,21,28,35H,4-5,10-11,13-14,20H2,1-3H3. The van der Waals surface area contributed by atoms with Crippen LogP contribution in [0.3, 0.4) is 0 Å². The average molecular weight is 485 g/mol. The van der Waals surface area contributed by atoms with Crippen LogP contribution in [0, 0.1) is 5.92 Å². The van der Waals surface area contributed by atoms with Gasteiger partial charge in [-0.05, 0) is 77.3 Å². The molecule has 0 aromatic heterocycles. The highest BCUT2D eigenvalue weighted by Gasteiger charge is 2.22. The number of fused-ring (bicyclic) bond motifs is 6. The number of carbonyl (C=O) groups excluding carboxylic acids is 2. The maximum atomic E-state index is 12.5. The van der Waals surface area contributed by atoms with Crippen molar-refractivity contribution in [1.82, 2.24) is 0 Å². The average Bonchev–Trinajstić information content (AvgIpc) is 2.88. The zero-order valence-corrected chi connectivity index (χ0v) is 21.5. The van der Waals surface area contributed by atoms with E-state index in [-0.39, 0.29) is 29.7 Å². The second kappa shape index (κ2) is 11.6. The number of allylic oxidation sites excluding steroid dienone is 1. The SMILES string of the molecule is CCC1CCC(=O)CC(=O)C=Cc2cc(OC)c(O)c(c2)C(CC)c2cc(c3ccccc3c2)CC1. The molecular weight excluding hydrogens is 448 g/mol. The molecule has 0 saturated heterocycles. The van der Waals surface area contributed by atoms with Gasteiger partial charge in [-0.1, -0.05) is 62.7 Å². The van der Waals surface area contributed by atoms with Crippen molar-refractivity contribution in [3.8, 4) is 11.5 Å². The lowest BCUT2D eigenvalue weighted by Gasteiger charge is -2.22. The van der Waals surface area contributed by atoms with Crippen molar-refractivity contribution < 1.29 is 19.4 Å². The van der Waals surface area contributed by atoms with Crippen molar-refractivity contribution in [3.63, 3.8) is 0 Å². The van der Waals surface area contributed by atoms with Crippen LogP contribution < -0.4 is 4.74 Å². The number of aromatic hydroxyl groups is 1. The fraction of sp³-hybridized carbons (Fsp3) is 0.375. The van der Waals surface area contributed by atoms with E-state index in [0.717, 1.165) is 48.8 Å². The molecule has 36 heavy (non-hydrogen) atoms. The zero-order valence-electron chi connectivity index (χ0n) is 21.5. The van der Waals surface area contributed by atoms with Gasteiger partial charge in [0, 0.05) is 17.9 Å². The summed E-state index contributed by atoms with van der Waals surface area (Å²) in [6, 6.07) is 16.7. The summed E-state index contributed by atoms with van der Waals surface area (Å²) in [7, 11) is 1.53. The van der Waals surface area contributed by atoms with E-state index in [1.165, 1.54) is 29.5 Å². The van der Waals surface area contributed by atoms with E-state index in [4.69, 9.17) is 4.74 Å². The number of Topliss-reactive ketones (excluding diaryl/α,β-unsaturated/α-hetero) is 1. The molecule has 0 saturated carbocycles. The number of hydrogen-bond donors (Lipinski definition) is 1. The van der Waals surface area contributed by atoms with E-state index in [0.29, 0.717) is 18.1 Å². The van der Waals surface area contributed by atoms with Crippen LogP contribution in [0.15, 0.2) is 54.6 Å². The van der Waals surface area contributed by atoms with Gasteiger partial charge in [-0.15, -0.1) is 0 Å². The molecule has 0 aliphatic heterocycles. The van der Waals surface area contributed by atoms with Gasteiger partial charge in [-0.2, -0.15) is 0 Å². The lowest BCUT2D eigenvalue weighted by Crippen LogP contribution is -2.09. The van der Waals surface area contributed by atoms with Crippen molar-refractivity contribution in [2.45, 2.75) is 64.7 Å². The number of phenolic OH excluding ortho intramolecular Hbond substituents is 1. The quantitative estimate of drug-likeness (QED) is 0.394. The molecule has 1 aliphatic carbocycles. The van der Waals surface area contributed by atoms with Gasteiger partial charge in [-0.3, -0.25) is 9.59 Å². The summed E-state index contributed by atoms with van der Waals surface area (Å²) < 4.78 is 5.49. The molecule has 2 atom stereocenters. The molecule has 0 spiro atoms. The summed E-state index contributed by atoms with van der Waals surface area (Å²) in [5.74, 6) is 0.694. The number of methoxy groups -OCH3 is 1. The molecule has 4 rings (SSSR count). The Morgan fingerprint density at radius 3 is 2.47 bits per heavy atom. The minimum absolute atomic E-state index is 0.00473. The van der Waals surface area contributed by atoms with Crippen LogP contribution >= 0.6 is 0 Å². The van der Waals surface area contributed by atoms with Gasteiger partial charge in [0.1, 0.15) is 5.78 Å². The molecule has 4 nitrogen and oxygen atoms in total. The molecule has 0 fully saturated rings. The minimum atomic E-state index is -0.198. The molecule has 2 unspecified atom stereocenters. The van der Waals surface area contributed by atoms with Crippen molar-refractivity contribution in [2.24, 2.45) is 5.92 Å². The zero-order chi connectivity index (χ0) is 25.7. The summed E-state index contributed by atoms with van der Waals surface area (Å²) in [5, 5.41) is 13.6. The molecule has 4 heteroatoms. The number of rotatable bonds is 3. The molecule has 3 aromatic rings. The first-order valence-corrected chi connectivity index (χ1v) is 13.1. The lowest BCUT2D eigenvalue weighted by atomic mass is 9.83. The van der Waals surface area contributed by atoms with Crippen molar-refractivity contribution in [2.75, 3.05) is 7.11 Å². The van der Waals surface area contributed by atoms with E-state index in [9.17, 15) is 14.7 Å². The number of ketones is 2. The second-order valence-corrected chi connectivity index (χ2v) is 9.89. The summed E-state index contributed by atoms with van der Waals surface area (Å²) in [5.41, 5.74) is 3.99. The Balaban J connectivity index is 1.89. The molecular formula is C32H36O4. The second-order valence-electron chi connectivity index (χ2n) is 9.89. The van der Waals surface area contributed by atoms with Gasteiger partial charge < -0.3 is 9.84 Å². The van der Waals surface area contributed by atoms with Crippen molar-refractivity contribution in [1.29, 1.82) is 0 Å². The van der Waals surface area contributed by atoms with E-state index in [2.05, 4.69) is 50.2 Å². The van der Waals surface area contributed by atoms with Gasteiger partial charge in [0.25, 0.3) is 0 Å². The third-order valence-corrected chi connectivity index (χ3v) is 7.57. The first-order chi connectivity index (χ1) is 17.4. The third kappa shape index (κ3) is 5.70. The first kappa shape index (κ1) is 25.7. The van der Waals surface area contributed by atoms with Gasteiger partial charge in [0.05, 0.1) is 13.5 Å². The number of benzene rings is 3. The molecule has 1 aliphatic rings. The Kier molecular flexibility index (Phi) is 8.25. The third-order valence-electron chi connectivity index (χ3n) is 7.57. The largest absolute Gasteiger partial charge is 0.504 e. The van der Waals surface area contributed by atoms with Crippen LogP contribution in [0.1, 0.15) is 80.5 Å². The molecule has 0 heterocycles. The normalized spacial score (nSPS) is 19.3. The van der Waals surface area contributed by atoms with Crippen molar-refractivity contribution in [3.05, 3.63) is 76.9 Å². The number of phenols is 1. The van der Waals surface area contributed by atoms with Crippen LogP contribution in [0.25, 0.3) is 16.8 Å². The van der Waals surface area contributed by atoms with E-state index in [1.807, 2.05) is 6.07 Å². The number of aryl methyl sites for hydroxylation is 1. The topological polar surface area (TPSA) is 63.6 Å². The summed E-state index contributed by atoms with van der Waals surface area (Å²) in [4.78, 5) is 25.0. The Morgan fingerprint density at radius 1 is 0.944 bits per heavy atom. The maximum Gasteiger partial charge on any atom is 0.163 e. The molecule has 1 N–H and O–H groups in total. The van der Waals surface area contributed by atoms with Crippen LogP contribution in [0.2, 0.25) is 0 Å². The number of ether oxygens (including phenoxy) is 1. The summed E-state index contributed by atoms with van der Waals surface area (Å²) in [6.07, 6.45) is 8.09. The molecule has 4 bridgehead atoms. The van der Waals surface area contributed by atoms with E-state index < -0.39 is 0 Å². The lowest BCUT2D eigenvalue weighted by molar-refractivity contribution is -0.124. The van der Waals surface area contributed by atoms with Gasteiger partial charge in [-0.25, -0.2) is 0 Å². The van der Waals surface area contributed by atoms with E-state index in [1.54, 1.807) is 12.1 Å². The molecule has 0 radical (unpaired) electrons. The molecule has 0 amide bonds. The highest BCUT2D eigenvalue weighted by Crippen LogP contribution is 2.42. The minimum Gasteiger partial charge on any atom is -0.504 e. The smallest absolute Gasteiger partial charge is 0.163 e. The van der Waals surface area contributed by atoms with Gasteiger partial charge >= 0.3 is 0 Å². The fourth-order valence-corrected chi connectivity index (χ4v) is 5.44. The first-order valence-electron chi connectivity index (χ1n) is 13.1. The Morgan fingerprint density at radius 2 is 1.72 bits per heavy atom. The number of hydrogen-bond acceptors (Lipinski definition) is 4. The monoisotopic (exact) mass is 484 g/mol. The predicted octanol–water partition coefficient (Wildman–Crippen LogP) is 7.39. The van der Waals surface area contributed by atoms with Crippen LogP contribution in [-0.2, 0) is 16.0 Å². The molecule has 188 valence electrons. The number of carbonyl (C=O) groups is 2. The summed E-state index contributed by atoms with van der Waals surface area (Å²) in [6.45, 7) is 4.30. The maximum absolute atomic E-state index is 12.5. The van der Waals surface area contributed by atoms with Gasteiger partial charge in [0.15, 0.2) is 17.3 Å². The Hall–Kier alpha value is -3.40. The van der Waals surface area contributed by atoms with Crippen LogP contribution in [0.4, 0.5) is 0 Å². The highest BCUT2D eigenvalue weighted by atomic mass is 16.5. The summed E-state index contributed by atoms with van der Waals surface area (Å²) >= 11 is 0. The van der Waals surface area contributed by atoms with Gasteiger partial charge in [0.2, 0.25) is 0 Å². The Bertz CT molecular complexity index is 1290. The predicted molar refractivity (Wildman–Crippen MR) is 146 cm³/mol. The van der Waals surface area contributed by atoms with Crippen LogP contribution in [0.5, 0.6) is 11.5 Å². The van der Waals surface area contributed by atoms with E-state index >= 15 is 0 Å². The molecule has 3 aromatic carbocycles. The van der Waals surface area contributed by atoms with Crippen molar-refractivity contribution >= 4 is 28.4 Å². The Labute approximate surface area is 214 Å². The fourth-order valence-electron chi connectivity index (χ4n) is 5.44. The van der Waals surface area contributed by atoms with Crippen LogP contribution in [-0.4, -0.2) is 23.8 Å². The highest BCUT2D eigenvalue weighted by molar-refractivity contribution is 6.06.